The average molecular weight is 398 g/mol. The van der Waals surface area contributed by atoms with Gasteiger partial charge >= 0.3 is 6.09 Å². The van der Waals surface area contributed by atoms with Crippen molar-refractivity contribution in [3.8, 4) is 0 Å². The lowest BCUT2D eigenvalue weighted by Crippen LogP contribution is -2.47. The van der Waals surface area contributed by atoms with Crippen LogP contribution in [0.3, 0.4) is 0 Å². The maximum absolute atomic E-state index is 11.9. The normalized spacial score (nSPS) is 18.8. The van der Waals surface area contributed by atoms with Crippen LogP contribution in [0, 0.1) is 5.41 Å². The predicted molar refractivity (Wildman–Crippen MR) is 110 cm³/mol. The molecule has 1 aliphatic rings. The molecule has 1 saturated heterocycles. The molecule has 1 heterocycles. The molecule has 0 spiro atoms. The first-order valence-electron chi connectivity index (χ1n) is 9.56. The van der Waals surface area contributed by atoms with Crippen LogP contribution in [0.5, 0.6) is 0 Å². The van der Waals surface area contributed by atoms with E-state index >= 15 is 0 Å². The average Bonchev–Trinajstić information content (AvgIpc) is 2.57. The molecule has 3 N–H and O–H groups in total. The van der Waals surface area contributed by atoms with E-state index in [0.29, 0.717) is 12.4 Å². The molecule has 0 aliphatic carbocycles. The quantitative estimate of drug-likeness (QED) is 0.499. The number of carbonyl (C=O) groups is 2. The lowest BCUT2D eigenvalue weighted by atomic mass is 9.80. The smallest absolute Gasteiger partial charge is 0.407 e. The highest BCUT2D eigenvalue weighted by molar-refractivity contribution is 6.29. The Hall–Kier alpha value is -2.16. The highest BCUT2D eigenvalue weighted by Gasteiger charge is 2.32. The van der Waals surface area contributed by atoms with Crippen molar-refractivity contribution < 1.29 is 19.1 Å². The van der Waals surface area contributed by atoms with E-state index in [-0.39, 0.29) is 12.0 Å². The number of hydrogen-bond donors (Lipinski definition) is 2. The third-order valence-corrected chi connectivity index (χ3v) is 4.38. The van der Waals surface area contributed by atoms with E-state index in [1.54, 1.807) is 20.2 Å². The standard InChI is InChI=1S/C19H35N5O4/c1-14(27-12-15(20)25)23-16(11-21-6)24-9-7-19(5,8-10-24)13-22-17(26)28-18(2,3)4/h11,14H,7-10,12-13H2,1-6H3,(H2,20,25)(H,22,26). The van der Waals surface area contributed by atoms with E-state index in [2.05, 4.69) is 27.1 Å². The number of rotatable bonds is 7. The number of nitrogens with one attached hydrogen (secondary N) is 1. The molecule has 0 bridgehead atoms. The number of nitrogens with zero attached hydrogens (tertiary/aromatic N) is 3. The van der Waals surface area contributed by atoms with E-state index in [9.17, 15) is 9.59 Å². The van der Waals surface area contributed by atoms with Gasteiger partial charge < -0.3 is 25.4 Å². The van der Waals surface area contributed by atoms with Crippen LogP contribution >= 0.6 is 0 Å². The highest BCUT2D eigenvalue weighted by atomic mass is 16.6. The van der Waals surface area contributed by atoms with E-state index in [1.807, 2.05) is 20.8 Å². The molecule has 1 rings (SSSR count). The van der Waals surface area contributed by atoms with Crippen molar-refractivity contribution in [3.63, 3.8) is 0 Å². The van der Waals surface area contributed by atoms with Crippen LogP contribution in [-0.4, -0.2) is 74.1 Å². The Morgan fingerprint density at radius 1 is 1.32 bits per heavy atom. The third kappa shape index (κ3) is 9.16. The number of ether oxygens (including phenoxy) is 2. The summed E-state index contributed by atoms with van der Waals surface area (Å²) in [6.45, 7) is 11.4. The molecular formula is C19H35N5O4. The Bertz CT molecular complexity index is 590. The van der Waals surface area contributed by atoms with Gasteiger partial charge in [-0.15, -0.1) is 0 Å². The van der Waals surface area contributed by atoms with Gasteiger partial charge in [0.05, 0.1) is 6.21 Å². The Labute approximate surface area is 167 Å². The van der Waals surface area contributed by atoms with Gasteiger partial charge in [0, 0.05) is 26.7 Å². The minimum atomic E-state index is -0.529. The van der Waals surface area contributed by atoms with Gasteiger partial charge in [-0.2, -0.15) is 0 Å². The lowest BCUT2D eigenvalue weighted by Gasteiger charge is -2.40. The van der Waals surface area contributed by atoms with Crippen molar-refractivity contribution in [3.05, 3.63) is 0 Å². The second-order valence-corrected chi connectivity index (χ2v) is 8.40. The fourth-order valence-corrected chi connectivity index (χ4v) is 2.79. The van der Waals surface area contributed by atoms with Crippen LogP contribution in [0.1, 0.15) is 47.5 Å². The van der Waals surface area contributed by atoms with Gasteiger partial charge in [-0.1, -0.05) is 6.92 Å². The predicted octanol–water partition coefficient (Wildman–Crippen LogP) is 1.56. The molecule has 0 aromatic carbocycles. The third-order valence-electron chi connectivity index (χ3n) is 4.38. The molecule has 1 fully saturated rings. The summed E-state index contributed by atoms with van der Waals surface area (Å²) in [4.78, 5) is 33.5. The van der Waals surface area contributed by atoms with Gasteiger partial charge in [0.2, 0.25) is 5.91 Å². The zero-order valence-corrected chi connectivity index (χ0v) is 17.9. The zero-order valence-electron chi connectivity index (χ0n) is 17.9. The number of aliphatic imine (C=N–C) groups is 2. The summed E-state index contributed by atoms with van der Waals surface area (Å²) in [5.41, 5.74) is 4.57. The van der Waals surface area contributed by atoms with Crippen molar-refractivity contribution >= 4 is 24.1 Å². The minimum absolute atomic E-state index is 0.0179. The van der Waals surface area contributed by atoms with E-state index < -0.39 is 23.8 Å². The maximum atomic E-state index is 11.9. The SMILES string of the molecule is CN=CC(=NC(C)OCC(N)=O)N1CCC(C)(CNC(=O)OC(C)(C)C)CC1. The number of amides is 2. The van der Waals surface area contributed by atoms with E-state index in [4.69, 9.17) is 15.2 Å². The summed E-state index contributed by atoms with van der Waals surface area (Å²) >= 11 is 0. The molecule has 0 radical (unpaired) electrons. The minimum Gasteiger partial charge on any atom is -0.444 e. The highest BCUT2D eigenvalue weighted by Crippen LogP contribution is 2.30. The number of nitrogens with two attached hydrogens (primary N) is 1. The number of hydrogen-bond acceptors (Lipinski definition) is 6. The van der Waals surface area contributed by atoms with Crippen LogP contribution in [0.15, 0.2) is 9.98 Å². The molecule has 1 aliphatic heterocycles. The molecular weight excluding hydrogens is 362 g/mol. The molecule has 2 amide bonds. The van der Waals surface area contributed by atoms with Gasteiger partial charge in [-0.05, 0) is 46.0 Å². The molecule has 0 aromatic heterocycles. The molecule has 9 heteroatoms. The van der Waals surface area contributed by atoms with Crippen molar-refractivity contribution in [1.82, 2.24) is 10.2 Å². The fraction of sp³-hybridized carbons (Fsp3) is 0.789. The molecule has 160 valence electrons. The summed E-state index contributed by atoms with van der Waals surface area (Å²) < 4.78 is 10.6. The Morgan fingerprint density at radius 2 is 1.93 bits per heavy atom. The first-order chi connectivity index (χ1) is 12.9. The van der Waals surface area contributed by atoms with Crippen molar-refractivity contribution in [2.24, 2.45) is 21.1 Å². The zero-order chi connectivity index (χ0) is 21.4. The molecule has 9 nitrogen and oxygen atoms in total. The van der Waals surface area contributed by atoms with Crippen LogP contribution in [0.4, 0.5) is 4.79 Å². The van der Waals surface area contributed by atoms with Gasteiger partial charge in [-0.25, -0.2) is 9.79 Å². The molecule has 0 saturated carbocycles. The lowest BCUT2D eigenvalue weighted by molar-refractivity contribution is -0.124. The largest absolute Gasteiger partial charge is 0.444 e. The molecule has 1 unspecified atom stereocenters. The topological polar surface area (TPSA) is 119 Å². The van der Waals surface area contributed by atoms with E-state index in [0.717, 1.165) is 25.9 Å². The first kappa shape index (κ1) is 23.9. The first-order valence-corrected chi connectivity index (χ1v) is 9.56. The number of carbonyl (C=O) groups excluding carboxylic acids is 2. The van der Waals surface area contributed by atoms with Crippen LogP contribution in [0.2, 0.25) is 0 Å². The Morgan fingerprint density at radius 3 is 2.43 bits per heavy atom. The van der Waals surface area contributed by atoms with Gasteiger partial charge in [0.25, 0.3) is 0 Å². The Kier molecular flexibility index (Phi) is 8.87. The number of piperidine rings is 1. The fourth-order valence-electron chi connectivity index (χ4n) is 2.79. The number of primary amides is 1. The van der Waals surface area contributed by atoms with Crippen molar-refractivity contribution in [2.45, 2.75) is 59.3 Å². The van der Waals surface area contributed by atoms with Gasteiger partial charge in [0.1, 0.15) is 24.3 Å². The monoisotopic (exact) mass is 397 g/mol. The summed E-state index contributed by atoms with van der Waals surface area (Å²) in [7, 11) is 1.68. The second-order valence-electron chi connectivity index (χ2n) is 8.40. The van der Waals surface area contributed by atoms with E-state index in [1.165, 1.54) is 0 Å². The molecule has 1 atom stereocenters. The number of likely N-dealkylation sites (tertiary alicyclic amines) is 1. The summed E-state index contributed by atoms with van der Waals surface area (Å²) in [5, 5.41) is 2.88. The van der Waals surface area contributed by atoms with Crippen LogP contribution in [-0.2, 0) is 14.3 Å². The maximum Gasteiger partial charge on any atom is 0.407 e. The van der Waals surface area contributed by atoms with Crippen molar-refractivity contribution in [2.75, 3.05) is 33.3 Å². The molecule has 28 heavy (non-hydrogen) atoms. The Balaban J connectivity index is 2.61. The summed E-state index contributed by atoms with van der Waals surface area (Å²) in [6, 6.07) is 0. The number of alkyl carbamates (subject to hydrolysis) is 1. The molecule has 0 aromatic rings. The van der Waals surface area contributed by atoms with Crippen molar-refractivity contribution in [1.29, 1.82) is 0 Å². The summed E-state index contributed by atoms with van der Waals surface area (Å²) in [5.74, 6) is 0.181. The van der Waals surface area contributed by atoms with Crippen LogP contribution < -0.4 is 11.1 Å². The summed E-state index contributed by atoms with van der Waals surface area (Å²) in [6.07, 6.45) is 2.57. The van der Waals surface area contributed by atoms with Gasteiger partial charge in [0.15, 0.2) is 0 Å². The number of amidine groups is 1. The second kappa shape index (κ2) is 10.4. The van der Waals surface area contributed by atoms with Crippen LogP contribution in [0.25, 0.3) is 0 Å². The van der Waals surface area contributed by atoms with Gasteiger partial charge in [-0.3, -0.25) is 9.79 Å².